The van der Waals surface area contributed by atoms with E-state index in [4.69, 9.17) is 16.3 Å². The molecule has 0 bridgehead atoms. The van der Waals surface area contributed by atoms with E-state index < -0.39 is 0 Å². The minimum atomic E-state index is 0.545. The summed E-state index contributed by atoms with van der Waals surface area (Å²) in [7, 11) is 1.64. The molecule has 5 nitrogen and oxygen atoms in total. The molecule has 1 N–H and O–H groups in total. The Kier molecular flexibility index (Phi) is 5.17. The van der Waals surface area contributed by atoms with Crippen LogP contribution in [0, 0.1) is 0 Å². The predicted octanol–water partition coefficient (Wildman–Crippen LogP) is 5.40. The average molecular weight is 389 g/mol. The summed E-state index contributed by atoms with van der Waals surface area (Å²) in [4.78, 5) is 9.30. The van der Waals surface area contributed by atoms with E-state index in [1.54, 1.807) is 13.3 Å². The molecular formula is C22H17ClN4O. The van der Waals surface area contributed by atoms with E-state index in [1.807, 2.05) is 72.8 Å². The van der Waals surface area contributed by atoms with Crippen molar-refractivity contribution in [2.45, 2.75) is 0 Å². The van der Waals surface area contributed by atoms with Crippen molar-refractivity contribution in [3.63, 3.8) is 0 Å². The van der Waals surface area contributed by atoms with E-state index >= 15 is 0 Å². The van der Waals surface area contributed by atoms with Gasteiger partial charge in [-0.05, 0) is 42.0 Å². The number of nitrogens with one attached hydrogen (secondary N) is 1. The van der Waals surface area contributed by atoms with Gasteiger partial charge in [0.05, 0.1) is 23.9 Å². The number of methoxy groups -OCH3 is 1. The van der Waals surface area contributed by atoms with Crippen LogP contribution in [0.4, 0.5) is 5.82 Å². The topological polar surface area (TPSA) is 59.4 Å². The smallest absolute Gasteiger partial charge is 0.163 e. The number of fused-ring (bicyclic) bond motifs is 1. The van der Waals surface area contributed by atoms with E-state index in [0.29, 0.717) is 16.7 Å². The van der Waals surface area contributed by atoms with Crippen LogP contribution >= 0.6 is 11.6 Å². The highest BCUT2D eigenvalue weighted by Gasteiger charge is 2.11. The summed E-state index contributed by atoms with van der Waals surface area (Å²) in [5, 5.41) is 5.82. The maximum Gasteiger partial charge on any atom is 0.163 e. The summed E-state index contributed by atoms with van der Waals surface area (Å²) in [6.07, 6.45) is 1.72. The van der Waals surface area contributed by atoms with Gasteiger partial charge in [0, 0.05) is 10.9 Å². The molecule has 0 radical (unpaired) electrons. The van der Waals surface area contributed by atoms with Gasteiger partial charge in [-0.25, -0.2) is 9.97 Å². The Morgan fingerprint density at radius 2 is 1.79 bits per heavy atom. The molecule has 3 aromatic carbocycles. The van der Waals surface area contributed by atoms with E-state index in [1.165, 1.54) is 0 Å². The van der Waals surface area contributed by atoms with Crippen LogP contribution in [0.2, 0.25) is 5.02 Å². The van der Waals surface area contributed by atoms with Gasteiger partial charge in [0.15, 0.2) is 11.6 Å². The summed E-state index contributed by atoms with van der Waals surface area (Å²) < 4.78 is 5.24. The second kappa shape index (κ2) is 8.06. The Morgan fingerprint density at radius 1 is 0.964 bits per heavy atom. The van der Waals surface area contributed by atoms with Crippen LogP contribution in [0.25, 0.3) is 22.3 Å². The van der Waals surface area contributed by atoms with Crippen LogP contribution in [0.3, 0.4) is 0 Å². The number of nitrogens with zero attached hydrogens (tertiary/aromatic N) is 3. The van der Waals surface area contributed by atoms with Gasteiger partial charge in [-0.15, -0.1) is 0 Å². The highest BCUT2D eigenvalue weighted by molar-refractivity contribution is 6.33. The lowest BCUT2D eigenvalue weighted by molar-refractivity contribution is 0.415. The zero-order valence-corrected chi connectivity index (χ0v) is 15.9. The first-order valence-electron chi connectivity index (χ1n) is 8.69. The molecule has 4 aromatic rings. The third-order valence-electron chi connectivity index (χ3n) is 4.20. The molecule has 0 amide bonds. The number of hydrazone groups is 1. The Balaban J connectivity index is 1.71. The normalized spacial score (nSPS) is 11.1. The molecule has 4 rings (SSSR count). The van der Waals surface area contributed by atoms with Crippen LogP contribution < -0.4 is 10.2 Å². The number of anilines is 1. The van der Waals surface area contributed by atoms with Crippen molar-refractivity contribution in [1.29, 1.82) is 0 Å². The van der Waals surface area contributed by atoms with Crippen LogP contribution in [0.5, 0.6) is 5.75 Å². The van der Waals surface area contributed by atoms with E-state index in [-0.39, 0.29) is 0 Å². The van der Waals surface area contributed by atoms with Gasteiger partial charge in [-0.3, -0.25) is 5.43 Å². The van der Waals surface area contributed by atoms with Crippen molar-refractivity contribution in [3.8, 4) is 17.1 Å². The lowest BCUT2D eigenvalue weighted by Gasteiger charge is -2.09. The molecule has 28 heavy (non-hydrogen) atoms. The molecule has 0 saturated heterocycles. The Bertz CT molecular complexity index is 1160. The van der Waals surface area contributed by atoms with Crippen molar-refractivity contribution < 1.29 is 4.74 Å². The summed E-state index contributed by atoms with van der Waals surface area (Å²) in [5.74, 6) is 1.93. The van der Waals surface area contributed by atoms with Gasteiger partial charge < -0.3 is 4.74 Å². The molecule has 0 fully saturated rings. The van der Waals surface area contributed by atoms with Crippen molar-refractivity contribution in [3.05, 3.63) is 83.4 Å². The van der Waals surface area contributed by atoms with Gasteiger partial charge in [-0.1, -0.05) is 48.0 Å². The van der Waals surface area contributed by atoms with Crippen LogP contribution in [-0.2, 0) is 0 Å². The lowest BCUT2D eigenvalue weighted by Crippen LogP contribution is -1.99. The SMILES string of the molecule is COc1cccc(/C=N\Nc2nc(-c3ccccc3Cl)nc3ccccc23)c1. The van der Waals surface area contributed by atoms with Gasteiger partial charge in [0.1, 0.15) is 5.75 Å². The van der Waals surface area contributed by atoms with Crippen molar-refractivity contribution >= 4 is 34.5 Å². The van der Waals surface area contributed by atoms with Crippen molar-refractivity contribution in [2.75, 3.05) is 12.5 Å². The Hall–Kier alpha value is -3.44. The number of halogens is 1. The van der Waals surface area contributed by atoms with Crippen molar-refractivity contribution in [1.82, 2.24) is 9.97 Å². The number of hydrogen-bond donors (Lipinski definition) is 1. The summed E-state index contributed by atoms with van der Waals surface area (Å²) in [6, 6.07) is 22.9. The van der Waals surface area contributed by atoms with Crippen LogP contribution in [-0.4, -0.2) is 23.3 Å². The van der Waals surface area contributed by atoms with E-state index in [0.717, 1.165) is 27.8 Å². The number of ether oxygens (including phenoxy) is 1. The summed E-state index contributed by atoms with van der Waals surface area (Å²) in [6.45, 7) is 0. The summed E-state index contributed by atoms with van der Waals surface area (Å²) >= 11 is 6.33. The fourth-order valence-corrected chi connectivity index (χ4v) is 3.03. The van der Waals surface area contributed by atoms with Crippen LogP contribution in [0.15, 0.2) is 77.9 Å². The molecule has 1 aromatic heterocycles. The standard InChI is InChI=1S/C22H17ClN4O/c1-28-16-8-6-7-15(13-16)14-24-27-22-18-10-3-5-12-20(18)25-21(26-22)17-9-2-4-11-19(17)23/h2-14H,1H3,(H,25,26,27)/b24-14-. The zero-order chi connectivity index (χ0) is 19.3. The highest BCUT2D eigenvalue weighted by atomic mass is 35.5. The first kappa shape index (κ1) is 17.9. The van der Waals surface area contributed by atoms with Gasteiger partial charge >= 0.3 is 0 Å². The molecule has 0 atom stereocenters. The molecule has 0 aliphatic carbocycles. The predicted molar refractivity (Wildman–Crippen MR) is 114 cm³/mol. The van der Waals surface area contributed by atoms with E-state index in [2.05, 4.69) is 20.5 Å². The van der Waals surface area contributed by atoms with Crippen LogP contribution in [0.1, 0.15) is 5.56 Å². The molecule has 138 valence electrons. The van der Waals surface area contributed by atoms with Crippen molar-refractivity contribution in [2.24, 2.45) is 5.10 Å². The molecule has 0 saturated carbocycles. The minimum Gasteiger partial charge on any atom is -0.497 e. The second-order valence-electron chi connectivity index (χ2n) is 6.04. The molecular weight excluding hydrogens is 372 g/mol. The number of benzene rings is 3. The first-order chi connectivity index (χ1) is 13.7. The molecule has 0 unspecified atom stereocenters. The largest absolute Gasteiger partial charge is 0.497 e. The Labute approximate surface area is 167 Å². The second-order valence-corrected chi connectivity index (χ2v) is 6.45. The number of rotatable bonds is 5. The highest BCUT2D eigenvalue weighted by Crippen LogP contribution is 2.29. The average Bonchev–Trinajstić information content (AvgIpc) is 2.74. The van der Waals surface area contributed by atoms with Gasteiger partial charge in [0.25, 0.3) is 0 Å². The third-order valence-corrected chi connectivity index (χ3v) is 4.53. The van der Waals surface area contributed by atoms with E-state index in [9.17, 15) is 0 Å². The number of hydrogen-bond acceptors (Lipinski definition) is 5. The fourth-order valence-electron chi connectivity index (χ4n) is 2.81. The molecule has 0 aliphatic heterocycles. The molecule has 0 spiro atoms. The lowest BCUT2D eigenvalue weighted by atomic mass is 10.2. The van der Waals surface area contributed by atoms with Gasteiger partial charge in [0.2, 0.25) is 0 Å². The molecule has 1 heterocycles. The summed E-state index contributed by atoms with van der Waals surface area (Å²) in [5.41, 5.74) is 5.54. The minimum absolute atomic E-state index is 0.545. The fraction of sp³-hybridized carbons (Fsp3) is 0.0455. The molecule has 6 heteroatoms. The molecule has 0 aliphatic rings. The van der Waals surface area contributed by atoms with Gasteiger partial charge in [-0.2, -0.15) is 5.10 Å². The Morgan fingerprint density at radius 3 is 2.64 bits per heavy atom. The monoisotopic (exact) mass is 388 g/mol. The zero-order valence-electron chi connectivity index (χ0n) is 15.1. The third kappa shape index (κ3) is 3.80. The quantitative estimate of drug-likeness (QED) is 0.367. The number of para-hydroxylation sites is 1. The maximum atomic E-state index is 6.33. The number of aromatic nitrogens is 2. The first-order valence-corrected chi connectivity index (χ1v) is 9.07. The maximum absolute atomic E-state index is 6.33.